The molecule has 106 valence electrons. The molecule has 1 saturated heterocycles. The van der Waals surface area contributed by atoms with Gasteiger partial charge in [-0.15, -0.1) is 16.4 Å². The Balaban J connectivity index is 1.49. The number of nitrogens with zero attached hydrogens (tertiary/aromatic N) is 3. The molecular formula is C12H14ClN5OS. The highest BCUT2D eigenvalue weighted by Crippen LogP contribution is 2.21. The molecule has 0 bridgehead atoms. The minimum Gasteiger partial charge on any atom is -0.350 e. The minimum absolute atomic E-state index is 0.189. The van der Waals surface area contributed by atoms with E-state index in [4.69, 9.17) is 11.6 Å². The molecule has 2 aromatic rings. The van der Waals surface area contributed by atoms with Crippen molar-refractivity contribution in [3.8, 4) is 0 Å². The molecule has 0 spiro atoms. The lowest BCUT2D eigenvalue weighted by molar-refractivity contribution is 0.0949. The Kier molecular flexibility index (Phi) is 4.00. The van der Waals surface area contributed by atoms with E-state index in [1.807, 2.05) is 12.1 Å². The number of thiophene rings is 1. The summed E-state index contributed by atoms with van der Waals surface area (Å²) in [5.74, 6) is -0.189. The van der Waals surface area contributed by atoms with Gasteiger partial charge in [0.2, 0.25) is 0 Å². The molecule has 1 fully saturated rings. The van der Waals surface area contributed by atoms with Gasteiger partial charge >= 0.3 is 0 Å². The quantitative estimate of drug-likeness (QED) is 0.867. The van der Waals surface area contributed by atoms with Crippen LogP contribution in [0.5, 0.6) is 0 Å². The average Bonchev–Trinajstić information content (AvgIpc) is 2.97. The molecule has 2 aromatic heterocycles. The van der Waals surface area contributed by atoms with Crippen LogP contribution in [0.15, 0.2) is 18.3 Å². The summed E-state index contributed by atoms with van der Waals surface area (Å²) in [6, 6.07) is 4.15. The van der Waals surface area contributed by atoms with E-state index in [-0.39, 0.29) is 5.91 Å². The number of carbonyl (C=O) groups is 1. The van der Waals surface area contributed by atoms with Crippen molar-refractivity contribution in [1.29, 1.82) is 0 Å². The lowest BCUT2D eigenvalue weighted by atomic mass is 10.2. The maximum atomic E-state index is 11.9. The van der Waals surface area contributed by atoms with E-state index in [9.17, 15) is 4.79 Å². The summed E-state index contributed by atoms with van der Waals surface area (Å²) in [5, 5.41) is 13.9. The average molecular weight is 312 g/mol. The predicted molar refractivity (Wildman–Crippen MR) is 77.3 cm³/mol. The number of hydrogen-bond donors (Lipinski definition) is 2. The van der Waals surface area contributed by atoms with Crippen LogP contribution in [-0.4, -0.2) is 40.5 Å². The zero-order chi connectivity index (χ0) is 13.9. The highest BCUT2D eigenvalue weighted by Gasteiger charge is 2.21. The van der Waals surface area contributed by atoms with Gasteiger partial charge in [-0.05, 0) is 18.6 Å². The van der Waals surface area contributed by atoms with Gasteiger partial charge in [-0.3, -0.25) is 4.79 Å². The van der Waals surface area contributed by atoms with E-state index in [1.54, 1.807) is 10.9 Å². The van der Waals surface area contributed by atoms with Crippen molar-refractivity contribution in [2.75, 3.05) is 19.6 Å². The highest BCUT2D eigenvalue weighted by atomic mass is 35.5. The van der Waals surface area contributed by atoms with Crippen LogP contribution in [0.25, 0.3) is 0 Å². The first-order valence-corrected chi connectivity index (χ1v) is 7.57. The molecule has 6 nitrogen and oxygen atoms in total. The Bertz CT molecular complexity index is 607. The number of carbonyl (C=O) groups excluding carboxylic acids is 1. The molecule has 0 aromatic carbocycles. The molecule has 3 heterocycles. The van der Waals surface area contributed by atoms with Crippen LogP contribution in [0.2, 0.25) is 4.34 Å². The van der Waals surface area contributed by atoms with Crippen molar-refractivity contribution in [2.24, 2.45) is 0 Å². The Morgan fingerprint density at radius 2 is 2.40 bits per heavy atom. The highest BCUT2D eigenvalue weighted by molar-refractivity contribution is 7.16. The zero-order valence-corrected chi connectivity index (χ0v) is 12.2. The molecule has 0 radical (unpaired) electrons. The van der Waals surface area contributed by atoms with E-state index in [0.717, 1.165) is 28.7 Å². The largest absolute Gasteiger partial charge is 0.350 e. The molecule has 0 aliphatic carbocycles. The lowest BCUT2D eigenvalue weighted by Crippen LogP contribution is -2.43. The number of halogens is 1. The summed E-state index contributed by atoms with van der Waals surface area (Å²) in [5.41, 5.74) is 0.362. The predicted octanol–water partition coefficient (Wildman–Crippen LogP) is 1.11. The smallest absolute Gasteiger partial charge is 0.273 e. The van der Waals surface area contributed by atoms with Crippen LogP contribution in [0.1, 0.15) is 21.4 Å². The van der Waals surface area contributed by atoms with Gasteiger partial charge in [0.25, 0.3) is 5.91 Å². The fourth-order valence-corrected chi connectivity index (χ4v) is 2.98. The second kappa shape index (κ2) is 5.90. The first kappa shape index (κ1) is 13.5. The van der Waals surface area contributed by atoms with Crippen molar-refractivity contribution in [2.45, 2.75) is 12.5 Å². The third-order valence-electron chi connectivity index (χ3n) is 3.16. The standard InChI is InChI=1S/C12H14ClN5OS/c13-11-2-1-9(20-11)3-4-15-12(19)10-7-18(17-16-10)8-5-14-6-8/h1-2,7-8,14H,3-6H2,(H,15,19). The van der Waals surface area contributed by atoms with E-state index in [1.165, 1.54) is 11.3 Å². The summed E-state index contributed by atoms with van der Waals surface area (Å²) >= 11 is 7.38. The summed E-state index contributed by atoms with van der Waals surface area (Å²) in [6.07, 6.45) is 2.46. The van der Waals surface area contributed by atoms with Gasteiger partial charge in [0.05, 0.1) is 16.6 Å². The Morgan fingerprint density at radius 1 is 1.55 bits per heavy atom. The van der Waals surface area contributed by atoms with Gasteiger partial charge in [0.1, 0.15) is 0 Å². The van der Waals surface area contributed by atoms with Crippen molar-refractivity contribution in [3.05, 3.63) is 33.2 Å². The van der Waals surface area contributed by atoms with Gasteiger partial charge in [0, 0.05) is 24.5 Å². The van der Waals surface area contributed by atoms with E-state index in [2.05, 4.69) is 20.9 Å². The maximum absolute atomic E-state index is 11.9. The fourth-order valence-electron chi connectivity index (χ4n) is 1.90. The van der Waals surface area contributed by atoms with Crippen LogP contribution in [0.4, 0.5) is 0 Å². The Hall–Kier alpha value is -1.44. The summed E-state index contributed by atoms with van der Waals surface area (Å²) in [7, 11) is 0. The third kappa shape index (κ3) is 3.00. The van der Waals surface area contributed by atoms with Crippen molar-refractivity contribution >= 4 is 28.8 Å². The molecular weight excluding hydrogens is 298 g/mol. The molecule has 3 rings (SSSR count). The first-order chi connectivity index (χ1) is 9.72. The van der Waals surface area contributed by atoms with Gasteiger partial charge in [-0.25, -0.2) is 4.68 Å². The Morgan fingerprint density at radius 3 is 3.05 bits per heavy atom. The topological polar surface area (TPSA) is 71.8 Å². The van der Waals surface area contributed by atoms with Crippen molar-refractivity contribution in [1.82, 2.24) is 25.6 Å². The van der Waals surface area contributed by atoms with Crippen molar-refractivity contribution in [3.63, 3.8) is 0 Å². The number of rotatable bonds is 5. The molecule has 1 aliphatic rings. The van der Waals surface area contributed by atoms with E-state index in [0.29, 0.717) is 18.3 Å². The molecule has 20 heavy (non-hydrogen) atoms. The first-order valence-electron chi connectivity index (χ1n) is 6.37. The second-order valence-corrected chi connectivity index (χ2v) is 6.41. The van der Waals surface area contributed by atoms with Crippen LogP contribution in [0.3, 0.4) is 0 Å². The third-order valence-corrected chi connectivity index (χ3v) is 4.45. The number of aromatic nitrogens is 3. The van der Waals surface area contributed by atoms with Crippen molar-refractivity contribution < 1.29 is 4.79 Å². The van der Waals surface area contributed by atoms with E-state index < -0.39 is 0 Å². The number of amides is 1. The zero-order valence-electron chi connectivity index (χ0n) is 10.7. The molecule has 1 aliphatic heterocycles. The minimum atomic E-state index is -0.189. The summed E-state index contributed by atoms with van der Waals surface area (Å²) in [4.78, 5) is 13.1. The fraction of sp³-hybridized carbons (Fsp3) is 0.417. The van der Waals surface area contributed by atoms with Crippen LogP contribution < -0.4 is 10.6 Å². The molecule has 0 atom stereocenters. The summed E-state index contributed by atoms with van der Waals surface area (Å²) in [6.45, 7) is 2.32. The van der Waals surface area contributed by atoms with Gasteiger partial charge in [0.15, 0.2) is 5.69 Å². The number of nitrogens with one attached hydrogen (secondary N) is 2. The number of hydrogen-bond acceptors (Lipinski definition) is 5. The SMILES string of the molecule is O=C(NCCc1ccc(Cl)s1)c1cn(C2CNC2)nn1. The van der Waals surface area contributed by atoms with E-state index >= 15 is 0 Å². The molecule has 1 amide bonds. The van der Waals surface area contributed by atoms with Gasteiger partial charge in [-0.2, -0.15) is 0 Å². The Labute approximate surface area is 125 Å². The molecule has 0 saturated carbocycles. The van der Waals surface area contributed by atoms with Crippen LogP contribution in [-0.2, 0) is 6.42 Å². The second-order valence-electron chi connectivity index (χ2n) is 4.61. The van der Waals surface area contributed by atoms with Crippen LogP contribution >= 0.6 is 22.9 Å². The van der Waals surface area contributed by atoms with Gasteiger partial charge < -0.3 is 10.6 Å². The maximum Gasteiger partial charge on any atom is 0.273 e. The lowest BCUT2D eigenvalue weighted by Gasteiger charge is -2.26. The summed E-state index contributed by atoms with van der Waals surface area (Å²) < 4.78 is 2.51. The normalized spacial score (nSPS) is 15.1. The van der Waals surface area contributed by atoms with Crippen LogP contribution in [0, 0.1) is 0 Å². The molecule has 8 heteroatoms. The molecule has 0 unspecified atom stereocenters. The monoisotopic (exact) mass is 311 g/mol. The van der Waals surface area contributed by atoms with Gasteiger partial charge in [-0.1, -0.05) is 16.8 Å². The molecule has 2 N–H and O–H groups in total.